The predicted molar refractivity (Wildman–Crippen MR) is 129 cm³/mol. The second-order valence-electron chi connectivity index (χ2n) is 9.02. The number of carbonyl (C=O) groups is 1. The van der Waals surface area contributed by atoms with Gasteiger partial charge in [0.15, 0.2) is 0 Å². The van der Waals surface area contributed by atoms with E-state index in [-0.39, 0.29) is 5.56 Å². The van der Waals surface area contributed by atoms with E-state index in [9.17, 15) is 14.7 Å². The molecule has 1 N–H and O–H groups in total. The highest BCUT2D eigenvalue weighted by Gasteiger charge is 2.34. The van der Waals surface area contributed by atoms with Crippen molar-refractivity contribution in [2.45, 2.75) is 65.5 Å². The molecule has 6 nitrogen and oxygen atoms in total. The number of halogens is 1. The molecule has 2 aromatic carbocycles. The minimum absolute atomic E-state index is 0.311. The Morgan fingerprint density at radius 2 is 1.91 bits per heavy atom. The van der Waals surface area contributed by atoms with Gasteiger partial charge in [0.2, 0.25) is 0 Å². The lowest BCUT2D eigenvalue weighted by atomic mass is 10.0. The number of rotatable bonds is 6. The molecule has 3 aromatic rings. The van der Waals surface area contributed by atoms with Crippen molar-refractivity contribution in [3.05, 3.63) is 69.2 Å². The first-order valence-electron chi connectivity index (χ1n) is 10.9. The molecule has 7 heteroatoms. The van der Waals surface area contributed by atoms with E-state index < -0.39 is 17.7 Å². The van der Waals surface area contributed by atoms with Gasteiger partial charge in [0.25, 0.3) is 5.56 Å². The van der Waals surface area contributed by atoms with Crippen LogP contribution in [0.4, 0.5) is 4.79 Å². The number of benzene rings is 2. The number of nitrogens with zero attached hydrogens (tertiary/aromatic N) is 3. The van der Waals surface area contributed by atoms with Crippen molar-refractivity contribution < 1.29 is 9.90 Å². The molecule has 1 atom stereocenters. The molecule has 1 unspecified atom stereocenters. The van der Waals surface area contributed by atoms with Crippen LogP contribution in [0.3, 0.4) is 0 Å². The van der Waals surface area contributed by atoms with Gasteiger partial charge in [-0.05, 0) is 70.4 Å². The van der Waals surface area contributed by atoms with E-state index in [1.54, 1.807) is 25.1 Å². The van der Waals surface area contributed by atoms with Crippen molar-refractivity contribution in [3.8, 4) is 5.69 Å². The van der Waals surface area contributed by atoms with E-state index in [1.165, 1.54) is 9.47 Å². The van der Waals surface area contributed by atoms with E-state index >= 15 is 0 Å². The molecule has 1 heterocycles. The number of fused-ring (bicyclic) bond motifs is 1. The number of hydrogen-bond donors (Lipinski definition) is 1. The van der Waals surface area contributed by atoms with Crippen LogP contribution in [-0.2, 0) is 6.42 Å². The van der Waals surface area contributed by atoms with E-state index in [1.807, 2.05) is 45.0 Å². The molecule has 1 amide bonds. The fourth-order valence-electron chi connectivity index (χ4n) is 4.12. The van der Waals surface area contributed by atoms with Crippen LogP contribution in [-0.4, -0.2) is 31.2 Å². The van der Waals surface area contributed by atoms with Gasteiger partial charge in [-0.2, -0.15) is 0 Å². The van der Waals surface area contributed by atoms with Gasteiger partial charge in [0.05, 0.1) is 27.7 Å². The summed E-state index contributed by atoms with van der Waals surface area (Å²) in [6.07, 6.45) is 1.93. The monoisotopic (exact) mass is 455 g/mol. The average Bonchev–Trinajstić information content (AvgIpc) is 2.70. The molecule has 0 aliphatic rings. The van der Waals surface area contributed by atoms with Crippen LogP contribution in [0.2, 0.25) is 5.02 Å². The van der Waals surface area contributed by atoms with Crippen LogP contribution in [0.1, 0.15) is 64.9 Å². The highest BCUT2D eigenvalue weighted by atomic mass is 35.5. The highest BCUT2D eigenvalue weighted by Crippen LogP contribution is 2.30. The van der Waals surface area contributed by atoms with Gasteiger partial charge in [-0.1, -0.05) is 43.1 Å². The lowest BCUT2D eigenvalue weighted by Crippen LogP contribution is -2.47. The lowest BCUT2D eigenvalue weighted by Gasteiger charge is -2.38. The number of aryl methyl sites for hydroxylation is 1. The minimum atomic E-state index is -1.08. The Balaban J connectivity index is 2.33. The summed E-state index contributed by atoms with van der Waals surface area (Å²) in [5, 5.41) is 10.6. The zero-order valence-corrected chi connectivity index (χ0v) is 20.0. The molecule has 0 aliphatic carbocycles. The topological polar surface area (TPSA) is 75.4 Å². The van der Waals surface area contributed by atoms with E-state index in [0.29, 0.717) is 27.4 Å². The largest absolute Gasteiger partial charge is 0.465 e. The van der Waals surface area contributed by atoms with Gasteiger partial charge in [0, 0.05) is 5.54 Å². The van der Waals surface area contributed by atoms with Crippen LogP contribution in [0.15, 0.2) is 47.3 Å². The van der Waals surface area contributed by atoms with Crippen LogP contribution in [0, 0.1) is 0 Å². The standard InChI is InChI=1S/C25H30ClN3O3/c1-6-7-10-17-11-8-12-18(15-17)28-22(16(2)29(24(31)32)25(3,4)5)27-20-14-9-13-19(26)21(20)23(28)30/h8-9,11-16H,6-7,10H2,1-5H3,(H,31,32). The second kappa shape index (κ2) is 9.33. The first kappa shape index (κ1) is 23.8. The summed E-state index contributed by atoms with van der Waals surface area (Å²) in [6, 6.07) is 12.2. The Morgan fingerprint density at radius 3 is 2.53 bits per heavy atom. The van der Waals surface area contributed by atoms with Crippen molar-refractivity contribution >= 4 is 28.6 Å². The summed E-state index contributed by atoms with van der Waals surface area (Å²) in [5.74, 6) is 0.356. The van der Waals surface area contributed by atoms with E-state index in [4.69, 9.17) is 16.6 Å². The van der Waals surface area contributed by atoms with Crippen LogP contribution >= 0.6 is 11.6 Å². The average molecular weight is 456 g/mol. The third-order valence-electron chi connectivity index (χ3n) is 5.55. The highest BCUT2D eigenvalue weighted by molar-refractivity contribution is 6.35. The quantitative estimate of drug-likeness (QED) is 0.478. The number of hydrogen-bond acceptors (Lipinski definition) is 3. The molecule has 1 aromatic heterocycles. The van der Waals surface area contributed by atoms with Crippen molar-refractivity contribution in [2.24, 2.45) is 0 Å². The molecule has 32 heavy (non-hydrogen) atoms. The molecular formula is C25H30ClN3O3. The Bertz CT molecular complexity index is 1200. The Hall–Kier alpha value is -2.86. The first-order valence-corrected chi connectivity index (χ1v) is 11.3. The molecule has 0 radical (unpaired) electrons. The maximum absolute atomic E-state index is 13.7. The predicted octanol–water partition coefficient (Wildman–Crippen LogP) is 6.22. The fraction of sp³-hybridized carbons (Fsp3) is 0.400. The summed E-state index contributed by atoms with van der Waals surface area (Å²) in [4.78, 5) is 32.0. The number of amides is 1. The summed E-state index contributed by atoms with van der Waals surface area (Å²) in [6.45, 7) is 9.36. The third-order valence-corrected chi connectivity index (χ3v) is 5.87. The number of aromatic nitrogens is 2. The smallest absolute Gasteiger partial charge is 0.408 e. The van der Waals surface area contributed by atoms with E-state index in [0.717, 1.165) is 24.8 Å². The fourth-order valence-corrected chi connectivity index (χ4v) is 4.37. The van der Waals surface area contributed by atoms with Crippen molar-refractivity contribution in [1.82, 2.24) is 14.5 Å². The molecule has 0 saturated carbocycles. The van der Waals surface area contributed by atoms with Crippen molar-refractivity contribution in [2.75, 3.05) is 0 Å². The number of unbranched alkanes of at least 4 members (excludes halogenated alkanes) is 1. The molecule has 0 fully saturated rings. The van der Waals surface area contributed by atoms with Gasteiger partial charge < -0.3 is 5.11 Å². The van der Waals surface area contributed by atoms with Gasteiger partial charge in [0.1, 0.15) is 5.82 Å². The molecule has 0 saturated heterocycles. The first-order chi connectivity index (χ1) is 15.1. The minimum Gasteiger partial charge on any atom is -0.465 e. The lowest BCUT2D eigenvalue weighted by molar-refractivity contribution is 0.0719. The van der Waals surface area contributed by atoms with Gasteiger partial charge >= 0.3 is 6.09 Å². The Kier molecular flexibility index (Phi) is 6.94. The zero-order chi connectivity index (χ0) is 23.6. The van der Waals surface area contributed by atoms with Crippen LogP contribution in [0.5, 0.6) is 0 Å². The van der Waals surface area contributed by atoms with Gasteiger partial charge in [-0.15, -0.1) is 0 Å². The summed E-state index contributed by atoms with van der Waals surface area (Å²) in [5.41, 5.74) is 1.20. The molecule has 0 aliphatic heterocycles. The Labute approximate surface area is 193 Å². The normalized spacial score (nSPS) is 12.7. The van der Waals surface area contributed by atoms with E-state index in [2.05, 4.69) is 6.92 Å². The van der Waals surface area contributed by atoms with Gasteiger partial charge in [-0.25, -0.2) is 9.78 Å². The SMILES string of the molecule is CCCCc1cccc(-n2c(C(C)N(C(=O)O)C(C)(C)C)nc3cccc(Cl)c3c2=O)c1. The maximum Gasteiger partial charge on any atom is 0.408 e. The second-order valence-corrected chi connectivity index (χ2v) is 9.42. The third kappa shape index (κ3) is 4.65. The van der Waals surface area contributed by atoms with Crippen molar-refractivity contribution in [3.63, 3.8) is 0 Å². The zero-order valence-electron chi connectivity index (χ0n) is 19.2. The van der Waals surface area contributed by atoms with Crippen LogP contribution < -0.4 is 5.56 Å². The molecule has 3 rings (SSSR count). The summed E-state index contributed by atoms with van der Waals surface area (Å²) >= 11 is 6.38. The van der Waals surface area contributed by atoms with Crippen molar-refractivity contribution in [1.29, 1.82) is 0 Å². The molecule has 0 bridgehead atoms. The Morgan fingerprint density at radius 1 is 1.22 bits per heavy atom. The molecule has 0 spiro atoms. The molecule has 170 valence electrons. The number of carboxylic acid groups (broad SMARTS) is 1. The van der Waals surface area contributed by atoms with Crippen LogP contribution in [0.25, 0.3) is 16.6 Å². The van der Waals surface area contributed by atoms with Gasteiger partial charge in [-0.3, -0.25) is 14.3 Å². The summed E-state index contributed by atoms with van der Waals surface area (Å²) < 4.78 is 1.51. The maximum atomic E-state index is 13.7. The summed E-state index contributed by atoms with van der Waals surface area (Å²) in [7, 11) is 0. The molecular weight excluding hydrogens is 426 g/mol.